The van der Waals surface area contributed by atoms with Gasteiger partial charge < -0.3 is 19.4 Å². The molecule has 1 saturated carbocycles. The summed E-state index contributed by atoms with van der Waals surface area (Å²) >= 11 is 0. The zero-order chi connectivity index (χ0) is 22.7. The van der Waals surface area contributed by atoms with Crippen molar-refractivity contribution >= 4 is 32.6 Å². The van der Waals surface area contributed by atoms with Crippen molar-refractivity contribution in [1.82, 2.24) is 24.4 Å². The van der Waals surface area contributed by atoms with Crippen LogP contribution in [-0.4, -0.2) is 69.2 Å². The molecule has 0 radical (unpaired) electrons. The Kier molecular flexibility index (Phi) is 4.81. The van der Waals surface area contributed by atoms with Gasteiger partial charge in [0.2, 0.25) is 0 Å². The first kappa shape index (κ1) is 21.0. The second kappa shape index (κ2) is 7.33. The Morgan fingerprint density at radius 3 is 2.78 bits per heavy atom. The molecule has 0 aromatic carbocycles. The molecule has 3 aromatic heterocycles. The van der Waals surface area contributed by atoms with E-state index in [-0.39, 0.29) is 16.3 Å². The molecule has 1 N–H and O–H groups in total. The van der Waals surface area contributed by atoms with Gasteiger partial charge in [-0.3, -0.25) is 4.79 Å². The fraction of sp³-hybridized carbons (Fsp3) is 0.500. The fourth-order valence-corrected chi connectivity index (χ4v) is 6.14. The van der Waals surface area contributed by atoms with Crippen LogP contribution in [0.4, 0.5) is 5.82 Å². The third-order valence-electron chi connectivity index (χ3n) is 6.99. The maximum absolute atomic E-state index is 13.5. The van der Waals surface area contributed by atoms with Crippen LogP contribution in [0.2, 0.25) is 0 Å². The Morgan fingerprint density at radius 1 is 1.28 bits per heavy atom. The highest BCUT2D eigenvalue weighted by Gasteiger charge is 2.54. The monoisotopic (exact) mass is 456 g/mol. The topological polar surface area (TPSA) is 104 Å². The second-order valence-corrected chi connectivity index (χ2v) is 11.3. The molecule has 2 aliphatic rings. The molecule has 1 spiro atoms. The van der Waals surface area contributed by atoms with Crippen LogP contribution >= 0.6 is 0 Å². The number of aromatic nitrogens is 4. The number of hydrogen-bond acceptors (Lipinski definition) is 6. The number of amides is 1. The van der Waals surface area contributed by atoms with E-state index in [2.05, 4.69) is 19.9 Å². The van der Waals surface area contributed by atoms with Crippen LogP contribution in [0.1, 0.15) is 43.6 Å². The number of rotatable bonds is 5. The van der Waals surface area contributed by atoms with Crippen molar-refractivity contribution in [3.05, 3.63) is 36.5 Å². The van der Waals surface area contributed by atoms with Crippen molar-refractivity contribution in [3.8, 4) is 0 Å². The first-order valence-corrected chi connectivity index (χ1v) is 12.6. The molecule has 32 heavy (non-hydrogen) atoms. The van der Waals surface area contributed by atoms with Crippen molar-refractivity contribution in [1.29, 1.82) is 0 Å². The number of nitrogens with zero attached hydrogens (tertiary/aromatic N) is 5. The SMILES string of the molecule is CCC(C)S(=O)(=O)c1cc(C(=O)N2CCN(c3ncnc4[nH]ccc34)CC23CC3)n(C)c1. The lowest BCUT2D eigenvalue weighted by atomic mass is 10.1. The van der Waals surface area contributed by atoms with E-state index >= 15 is 0 Å². The van der Waals surface area contributed by atoms with Gasteiger partial charge in [-0.1, -0.05) is 6.92 Å². The number of carbonyl (C=O) groups is 1. The molecule has 0 bridgehead atoms. The van der Waals surface area contributed by atoms with Crippen LogP contribution < -0.4 is 4.90 Å². The summed E-state index contributed by atoms with van der Waals surface area (Å²) in [6.07, 6.45) is 7.37. The highest BCUT2D eigenvalue weighted by atomic mass is 32.2. The molecule has 3 aromatic rings. The molecule has 1 aliphatic carbocycles. The number of sulfone groups is 1. The van der Waals surface area contributed by atoms with Gasteiger partial charge in [0.05, 0.1) is 21.1 Å². The van der Waals surface area contributed by atoms with E-state index in [1.165, 1.54) is 0 Å². The highest BCUT2D eigenvalue weighted by Crippen LogP contribution is 2.46. The molecule has 1 aliphatic heterocycles. The van der Waals surface area contributed by atoms with Crippen LogP contribution in [0, 0.1) is 0 Å². The summed E-state index contributed by atoms with van der Waals surface area (Å²) in [4.78, 5) is 29.8. The van der Waals surface area contributed by atoms with E-state index in [0.717, 1.165) is 29.7 Å². The van der Waals surface area contributed by atoms with Gasteiger partial charge in [-0.15, -0.1) is 0 Å². The van der Waals surface area contributed by atoms with Crippen molar-refractivity contribution in [3.63, 3.8) is 0 Å². The maximum atomic E-state index is 13.5. The average molecular weight is 457 g/mol. The molecular formula is C22H28N6O3S. The largest absolute Gasteiger partial charge is 0.352 e. The Bertz CT molecular complexity index is 1290. The number of aromatic amines is 1. The molecule has 1 saturated heterocycles. The number of piperazine rings is 1. The number of H-pyrrole nitrogens is 1. The molecular weight excluding hydrogens is 428 g/mol. The van der Waals surface area contributed by atoms with E-state index in [1.807, 2.05) is 24.1 Å². The summed E-state index contributed by atoms with van der Waals surface area (Å²) in [7, 11) is -1.71. The van der Waals surface area contributed by atoms with E-state index in [0.29, 0.717) is 31.7 Å². The Balaban J connectivity index is 1.41. The Morgan fingerprint density at radius 2 is 2.06 bits per heavy atom. The van der Waals surface area contributed by atoms with Gasteiger partial charge in [-0.25, -0.2) is 18.4 Å². The molecule has 5 rings (SSSR count). The van der Waals surface area contributed by atoms with Gasteiger partial charge in [0, 0.05) is 39.1 Å². The fourth-order valence-electron chi connectivity index (χ4n) is 4.65. The minimum atomic E-state index is -3.45. The third-order valence-corrected chi connectivity index (χ3v) is 9.26. The summed E-state index contributed by atoms with van der Waals surface area (Å²) in [5.74, 6) is 0.778. The zero-order valence-electron chi connectivity index (χ0n) is 18.6. The van der Waals surface area contributed by atoms with Gasteiger partial charge in [-0.2, -0.15) is 0 Å². The van der Waals surface area contributed by atoms with Crippen LogP contribution in [0.25, 0.3) is 11.0 Å². The summed E-state index contributed by atoms with van der Waals surface area (Å²) in [6.45, 7) is 5.49. The van der Waals surface area contributed by atoms with Gasteiger partial charge >= 0.3 is 0 Å². The average Bonchev–Trinajstić information content (AvgIpc) is 3.20. The van der Waals surface area contributed by atoms with E-state index < -0.39 is 15.1 Å². The van der Waals surface area contributed by atoms with Crippen molar-refractivity contribution in [2.45, 2.75) is 48.8 Å². The molecule has 1 amide bonds. The van der Waals surface area contributed by atoms with Crippen molar-refractivity contribution in [2.75, 3.05) is 24.5 Å². The van der Waals surface area contributed by atoms with Gasteiger partial charge in [0.25, 0.3) is 5.91 Å². The first-order chi connectivity index (χ1) is 15.3. The Labute approximate surface area is 187 Å². The summed E-state index contributed by atoms with van der Waals surface area (Å²) in [5, 5.41) is 0.495. The first-order valence-electron chi connectivity index (χ1n) is 11.0. The Hall–Kier alpha value is -2.88. The van der Waals surface area contributed by atoms with Crippen molar-refractivity contribution in [2.24, 2.45) is 7.05 Å². The third kappa shape index (κ3) is 3.19. The number of hydrogen-bond donors (Lipinski definition) is 1. The molecule has 9 nitrogen and oxygen atoms in total. The number of anilines is 1. The van der Waals surface area contributed by atoms with Gasteiger partial charge in [0.15, 0.2) is 9.84 Å². The maximum Gasteiger partial charge on any atom is 0.271 e. The van der Waals surface area contributed by atoms with E-state index in [4.69, 9.17) is 0 Å². The van der Waals surface area contributed by atoms with Crippen LogP contribution in [0.5, 0.6) is 0 Å². The van der Waals surface area contributed by atoms with Crippen LogP contribution in [0.15, 0.2) is 35.7 Å². The standard InChI is InChI=1S/C22H28N6O3S/c1-4-15(2)32(30,31)16-11-18(26(3)12-16)21(29)28-10-9-27(13-22(28)6-7-22)20-17-5-8-23-19(17)24-14-25-20/h5,8,11-12,14-15H,4,6-7,9-10,13H2,1-3H3,(H,23,24,25). The number of fused-ring (bicyclic) bond motifs is 1. The normalized spacial score (nSPS) is 19.0. The smallest absolute Gasteiger partial charge is 0.271 e. The van der Waals surface area contributed by atoms with E-state index in [1.54, 1.807) is 37.1 Å². The minimum absolute atomic E-state index is 0.107. The summed E-state index contributed by atoms with van der Waals surface area (Å²) in [6, 6.07) is 3.52. The van der Waals surface area contributed by atoms with Gasteiger partial charge in [-0.05, 0) is 38.3 Å². The van der Waals surface area contributed by atoms with E-state index in [9.17, 15) is 13.2 Å². The molecule has 2 fully saturated rings. The lowest BCUT2D eigenvalue weighted by molar-refractivity contribution is 0.0614. The minimum Gasteiger partial charge on any atom is -0.352 e. The summed E-state index contributed by atoms with van der Waals surface area (Å²) in [5.41, 5.74) is 0.988. The number of aryl methyl sites for hydroxylation is 1. The zero-order valence-corrected chi connectivity index (χ0v) is 19.4. The predicted octanol–water partition coefficient (Wildman–Crippen LogP) is 2.36. The lowest BCUT2D eigenvalue weighted by Gasteiger charge is -2.42. The molecule has 4 heterocycles. The second-order valence-electron chi connectivity index (χ2n) is 8.98. The lowest BCUT2D eigenvalue weighted by Crippen LogP contribution is -2.57. The predicted molar refractivity (Wildman–Crippen MR) is 121 cm³/mol. The highest BCUT2D eigenvalue weighted by molar-refractivity contribution is 7.92. The van der Waals surface area contributed by atoms with Crippen LogP contribution in [0.3, 0.4) is 0 Å². The quantitative estimate of drug-likeness (QED) is 0.632. The summed E-state index contributed by atoms with van der Waals surface area (Å²) < 4.78 is 27.2. The van der Waals surface area contributed by atoms with Crippen LogP contribution in [-0.2, 0) is 16.9 Å². The molecule has 1 unspecified atom stereocenters. The number of nitrogens with one attached hydrogen (secondary N) is 1. The molecule has 1 atom stereocenters. The molecule has 170 valence electrons. The molecule has 10 heteroatoms. The number of carbonyl (C=O) groups excluding carboxylic acids is 1. The van der Waals surface area contributed by atoms with Gasteiger partial charge in [0.1, 0.15) is 23.5 Å². The van der Waals surface area contributed by atoms with Crippen molar-refractivity contribution < 1.29 is 13.2 Å².